The number of nitrogens with one attached hydrogen (secondary N) is 2. The topological polar surface area (TPSA) is 92.7 Å². The average molecular weight is 365 g/mol. The Morgan fingerprint density at radius 2 is 1.93 bits per heavy atom. The highest BCUT2D eigenvalue weighted by molar-refractivity contribution is 5.95. The van der Waals surface area contributed by atoms with Crippen LogP contribution < -0.4 is 10.9 Å². The summed E-state index contributed by atoms with van der Waals surface area (Å²) in [5, 5.41) is 7.31. The minimum Gasteiger partial charge on any atom is -0.310 e. The number of hydrogen-bond donors (Lipinski definition) is 2. The molecule has 0 unspecified atom stereocenters. The number of aryl methyl sites for hydroxylation is 2. The molecule has 7 heteroatoms. The number of carbonyl (C=O) groups excluding carboxylic acids is 1. The highest BCUT2D eigenvalue weighted by atomic mass is 16.2. The Morgan fingerprint density at radius 3 is 2.56 bits per heavy atom. The van der Waals surface area contributed by atoms with Crippen LogP contribution in [-0.2, 0) is 4.79 Å². The van der Waals surface area contributed by atoms with Crippen LogP contribution in [-0.4, -0.2) is 25.7 Å². The van der Waals surface area contributed by atoms with E-state index in [0.717, 1.165) is 5.56 Å². The van der Waals surface area contributed by atoms with Gasteiger partial charge in [-0.3, -0.25) is 14.6 Å². The zero-order valence-electron chi connectivity index (χ0n) is 15.9. The van der Waals surface area contributed by atoms with Gasteiger partial charge in [0.05, 0.1) is 11.6 Å². The summed E-state index contributed by atoms with van der Waals surface area (Å²) in [5.74, 6) is 0.343. The second kappa shape index (κ2) is 7.57. The monoisotopic (exact) mass is 365 g/mol. The van der Waals surface area contributed by atoms with Gasteiger partial charge in [0.25, 0.3) is 5.56 Å². The SMILES string of the molecule is CC[C@@H](C(=O)Nc1cc(C)nn1-c1nc(C)c(C)c(=O)[nH]1)c1ccccc1. The van der Waals surface area contributed by atoms with Crippen molar-refractivity contribution in [1.82, 2.24) is 19.7 Å². The van der Waals surface area contributed by atoms with E-state index >= 15 is 0 Å². The van der Waals surface area contributed by atoms with Gasteiger partial charge in [0, 0.05) is 17.3 Å². The van der Waals surface area contributed by atoms with Crippen LogP contribution >= 0.6 is 0 Å². The number of nitrogens with zero attached hydrogens (tertiary/aromatic N) is 3. The van der Waals surface area contributed by atoms with E-state index in [-0.39, 0.29) is 23.3 Å². The Kier molecular flexibility index (Phi) is 5.21. The smallest absolute Gasteiger partial charge is 0.255 e. The minimum absolute atomic E-state index is 0.129. The number of H-pyrrole nitrogens is 1. The molecule has 1 amide bonds. The summed E-state index contributed by atoms with van der Waals surface area (Å²) >= 11 is 0. The van der Waals surface area contributed by atoms with Crippen LogP contribution in [0.3, 0.4) is 0 Å². The van der Waals surface area contributed by atoms with Gasteiger partial charge in [-0.1, -0.05) is 37.3 Å². The van der Waals surface area contributed by atoms with Crippen molar-refractivity contribution < 1.29 is 4.79 Å². The molecule has 0 aliphatic heterocycles. The first-order valence-electron chi connectivity index (χ1n) is 8.91. The molecular weight excluding hydrogens is 342 g/mol. The predicted molar refractivity (Wildman–Crippen MR) is 104 cm³/mol. The third-order valence-electron chi connectivity index (χ3n) is 4.59. The summed E-state index contributed by atoms with van der Waals surface area (Å²) in [7, 11) is 0. The van der Waals surface area contributed by atoms with Crippen LogP contribution in [0, 0.1) is 20.8 Å². The van der Waals surface area contributed by atoms with Gasteiger partial charge in [0.1, 0.15) is 5.82 Å². The van der Waals surface area contributed by atoms with Gasteiger partial charge in [-0.15, -0.1) is 0 Å². The van der Waals surface area contributed by atoms with E-state index < -0.39 is 0 Å². The van der Waals surface area contributed by atoms with Crippen LogP contribution in [0.5, 0.6) is 0 Å². The standard InChI is InChI=1S/C20H23N5O2/c1-5-16(15-9-7-6-8-10-15)19(27)22-17-11-12(2)24-25(17)20-21-14(4)13(3)18(26)23-20/h6-11,16H,5H2,1-4H3,(H,22,27)(H,21,23,26)/t16-/m1/s1. The van der Waals surface area contributed by atoms with Crippen molar-refractivity contribution >= 4 is 11.7 Å². The number of anilines is 1. The Labute approximate surface area is 157 Å². The van der Waals surface area contributed by atoms with E-state index in [1.807, 2.05) is 44.2 Å². The molecule has 2 N–H and O–H groups in total. The molecule has 0 bridgehead atoms. The van der Waals surface area contributed by atoms with E-state index in [2.05, 4.69) is 20.4 Å². The van der Waals surface area contributed by atoms with Crippen LogP contribution in [0.25, 0.3) is 5.95 Å². The highest BCUT2D eigenvalue weighted by Crippen LogP contribution is 2.22. The molecule has 3 rings (SSSR count). The molecule has 7 nitrogen and oxygen atoms in total. The number of aromatic nitrogens is 4. The molecule has 2 heterocycles. The van der Waals surface area contributed by atoms with Crippen LogP contribution in [0.15, 0.2) is 41.2 Å². The first kappa shape index (κ1) is 18.6. The summed E-state index contributed by atoms with van der Waals surface area (Å²) in [6, 6.07) is 11.4. The summed E-state index contributed by atoms with van der Waals surface area (Å²) < 4.78 is 1.46. The number of hydrogen-bond acceptors (Lipinski definition) is 4. The lowest BCUT2D eigenvalue weighted by Crippen LogP contribution is -2.24. The Balaban J connectivity index is 1.95. The van der Waals surface area contributed by atoms with Crippen molar-refractivity contribution in [2.24, 2.45) is 0 Å². The number of rotatable bonds is 5. The number of carbonyl (C=O) groups is 1. The third-order valence-corrected chi connectivity index (χ3v) is 4.59. The van der Waals surface area contributed by atoms with Gasteiger partial charge in [0.2, 0.25) is 11.9 Å². The minimum atomic E-state index is -0.276. The van der Waals surface area contributed by atoms with E-state index in [0.29, 0.717) is 29.2 Å². The summed E-state index contributed by atoms with van der Waals surface area (Å²) in [6.45, 7) is 7.28. The summed E-state index contributed by atoms with van der Waals surface area (Å²) in [5.41, 5.74) is 2.62. The zero-order chi connectivity index (χ0) is 19.6. The van der Waals surface area contributed by atoms with Gasteiger partial charge in [-0.2, -0.15) is 9.78 Å². The Hall–Kier alpha value is -3.22. The van der Waals surface area contributed by atoms with Crippen LogP contribution in [0.4, 0.5) is 5.82 Å². The van der Waals surface area contributed by atoms with Gasteiger partial charge in [-0.05, 0) is 32.8 Å². The highest BCUT2D eigenvalue weighted by Gasteiger charge is 2.21. The molecule has 140 valence electrons. The van der Waals surface area contributed by atoms with Crippen LogP contribution in [0.1, 0.15) is 41.8 Å². The molecule has 0 saturated heterocycles. The number of benzene rings is 1. The molecular formula is C20H23N5O2. The molecule has 3 aromatic rings. The quantitative estimate of drug-likeness (QED) is 0.727. The fraction of sp³-hybridized carbons (Fsp3) is 0.300. The molecule has 2 aromatic heterocycles. The molecule has 27 heavy (non-hydrogen) atoms. The first-order chi connectivity index (χ1) is 12.9. The number of amides is 1. The summed E-state index contributed by atoms with van der Waals surface area (Å²) in [6.07, 6.45) is 0.668. The van der Waals surface area contributed by atoms with Crippen LogP contribution in [0.2, 0.25) is 0 Å². The fourth-order valence-corrected chi connectivity index (χ4v) is 2.95. The van der Waals surface area contributed by atoms with E-state index in [1.54, 1.807) is 19.9 Å². The molecule has 0 spiro atoms. The largest absolute Gasteiger partial charge is 0.310 e. The Bertz CT molecular complexity index is 1020. The molecule has 0 fully saturated rings. The number of aromatic amines is 1. The molecule has 1 aromatic carbocycles. The Morgan fingerprint density at radius 1 is 1.22 bits per heavy atom. The van der Waals surface area contributed by atoms with E-state index in [1.165, 1.54) is 4.68 Å². The first-order valence-corrected chi connectivity index (χ1v) is 8.91. The predicted octanol–water partition coefficient (Wildman–Crippen LogP) is 3.01. The molecule has 0 aliphatic rings. The second-order valence-corrected chi connectivity index (χ2v) is 6.54. The van der Waals surface area contributed by atoms with Crippen molar-refractivity contribution in [3.8, 4) is 5.95 Å². The van der Waals surface area contributed by atoms with Crippen molar-refractivity contribution in [1.29, 1.82) is 0 Å². The summed E-state index contributed by atoms with van der Waals surface area (Å²) in [4.78, 5) is 32.1. The second-order valence-electron chi connectivity index (χ2n) is 6.54. The van der Waals surface area contributed by atoms with E-state index in [4.69, 9.17) is 0 Å². The third kappa shape index (κ3) is 3.81. The molecule has 0 aliphatic carbocycles. The van der Waals surface area contributed by atoms with Crippen molar-refractivity contribution in [2.75, 3.05) is 5.32 Å². The molecule has 0 saturated carbocycles. The van der Waals surface area contributed by atoms with Crippen molar-refractivity contribution in [2.45, 2.75) is 40.0 Å². The lowest BCUT2D eigenvalue weighted by Gasteiger charge is -2.16. The van der Waals surface area contributed by atoms with Gasteiger partial charge in [0.15, 0.2) is 0 Å². The fourth-order valence-electron chi connectivity index (χ4n) is 2.95. The maximum atomic E-state index is 12.9. The van der Waals surface area contributed by atoms with Crippen molar-refractivity contribution in [3.05, 3.63) is 69.3 Å². The average Bonchev–Trinajstić information content (AvgIpc) is 3.01. The zero-order valence-corrected chi connectivity index (χ0v) is 15.9. The molecule has 0 radical (unpaired) electrons. The van der Waals surface area contributed by atoms with Gasteiger partial charge in [-0.25, -0.2) is 4.98 Å². The lowest BCUT2D eigenvalue weighted by atomic mass is 9.96. The maximum Gasteiger partial charge on any atom is 0.255 e. The lowest BCUT2D eigenvalue weighted by molar-refractivity contribution is -0.117. The van der Waals surface area contributed by atoms with Crippen molar-refractivity contribution in [3.63, 3.8) is 0 Å². The van der Waals surface area contributed by atoms with Gasteiger partial charge >= 0.3 is 0 Å². The molecule has 1 atom stereocenters. The normalized spacial score (nSPS) is 12.0. The van der Waals surface area contributed by atoms with Gasteiger partial charge < -0.3 is 5.32 Å². The van der Waals surface area contributed by atoms with E-state index in [9.17, 15) is 9.59 Å². The maximum absolute atomic E-state index is 12.9.